The lowest BCUT2D eigenvalue weighted by Crippen LogP contribution is -2.35. The van der Waals surface area contributed by atoms with Gasteiger partial charge in [-0.25, -0.2) is 10.8 Å². The van der Waals surface area contributed by atoms with Crippen LogP contribution in [-0.4, -0.2) is 29.0 Å². The summed E-state index contributed by atoms with van der Waals surface area (Å²) in [6.07, 6.45) is 3.32. The first-order valence-electron chi connectivity index (χ1n) is 5.60. The van der Waals surface area contributed by atoms with Gasteiger partial charge in [0.15, 0.2) is 5.82 Å². The van der Waals surface area contributed by atoms with Crippen LogP contribution in [0.25, 0.3) is 0 Å². The predicted octanol–water partition coefficient (Wildman–Crippen LogP) is 0.507. The molecule has 0 aromatic carbocycles. The van der Waals surface area contributed by atoms with Gasteiger partial charge in [-0.05, 0) is 6.42 Å². The third-order valence-corrected chi connectivity index (χ3v) is 2.55. The average Bonchev–Trinajstić information content (AvgIpc) is 2.35. The van der Waals surface area contributed by atoms with E-state index >= 15 is 0 Å². The van der Waals surface area contributed by atoms with Crippen LogP contribution in [0.15, 0.2) is 6.20 Å². The molecule has 0 aliphatic heterocycles. The van der Waals surface area contributed by atoms with Crippen LogP contribution < -0.4 is 21.9 Å². The smallest absolute Gasteiger partial charge is 0.239 e. The van der Waals surface area contributed by atoms with Crippen molar-refractivity contribution < 1.29 is 4.79 Å². The van der Waals surface area contributed by atoms with E-state index in [4.69, 9.17) is 23.2 Å². The van der Waals surface area contributed by atoms with Crippen LogP contribution in [-0.2, 0) is 4.79 Å². The van der Waals surface area contributed by atoms with Gasteiger partial charge in [0.25, 0.3) is 0 Å². The first kappa shape index (κ1) is 14.5. The maximum atomic E-state index is 11.1. The van der Waals surface area contributed by atoms with Crippen molar-refractivity contribution >= 4 is 29.3 Å². The Morgan fingerprint density at radius 3 is 2.89 bits per heavy atom. The second-order valence-corrected chi connectivity index (χ2v) is 4.16. The van der Waals surface area contributed by atoms with E-state index < -0.39 is 5.91 Å². The Balaban J connectivity index is 2.98. The van der Waals surface area contributed by atoms with E-state index in [0.29, 0.717) is 17.4 Å². The molecule has 7 nitrogen and oxygen atoms in total. The summed E-state index contributed by atoms with van der Waals surface area (Å²) in [5.74, 6) is 5.49. The molecule has 100 valence electrons. The van der Waals surface area contributed by atoms with E-state index in [2.05, 4.69) is 22.3 Å². The maximum Gasteiger partial charge on any atom is 0.239 e. The number of carbonyl (C=O) groups is 1. The standard InChI is InChI=1S/C10H17ClN6O/c1-2-3-4-17(6-8(12)18)9-7(11)5-14-10(15-9)16-13/h5H,2-4,6,13H2,1H3,(H2,12,18)(H,14,15,16). The van der Waals surface area contributed by atoms with E-state index in [1.165, 1.54) is 6.20 Å². The Kier molecular flexibility index (Phi) is 5.60. The number of halogens is 1. The molecular formula is C10H17ClN6O. The number of carbonyl (C=O) groups excluding carboxylic acids is 1. The molecule has 1 heterocycles. The number of hydrogen-bond acceptors (Lipinski definition) is 6. The van der Waals surface area contributed by atoms with E-state index in [-0.39, 0.29) is 12.5 Å². The van der Waals surface area contributed by atoms with Crippen LogP contribution in [0.4, 0.5) is 11.8 Å². The van der Waals surface area contributed by atoms with Gasteiger partial charge in [-0.2, -0.15) is 4.98 Å². The topological polar surface area (TPSA) is 110 Å². The Labute approximate surface area is 110 Å². The molecule has 0 unspecified atom stereocenters. The largest absolute Gasteiger partial charge is 0.368 e. The summed E-state index contributed by atoms with van der Waals surface area (Å²) in [4.78, 5) is 20.8. The lowest BCUT2D eigenvalue weighted by molar-refractivity contribution is -0.116. The maximum absolute atomic E-state index is 11.1. The van der Waals surface area contributed by atoms with Gasteiger partial charge in [-0.15, -0.1) is 0 Å². The van der Waals surface area contributed by atoms with Crippen molar-refractivity contribution in [3.05, 3.63) is 11.2 Å². The molecule has 0 atom stereocenters. The molecule has 0 fully saturated rings. The van der Waals surface area contributed by atoms with Crippen LogP contribution in [0.5, 0.6) is 0 Å². The van der Waals surface area contributed by atoms with Crippen molar-refractivity contribution in [3.8, 4) is 0 Å². The fourth-order valence-electron chi connectivity index (χ4n) is 1.45. The Bertz CT molecular complexity index is 413. The number of nitrogen functional groups attached to an aromatic ring is 1. The monoisotopic (exact) mass is 272 g/mol. The molecule has 0 spiro atoms. The Morgan fingerprint density at radius 1 is 1.61 bits per heavy atom. The van der Waals surface area contributed by atoms with Gasteiger partial charge in [0.1, 0.15) is 5.02 Å². The summed E-state index contributed by atoms with van der Waals surface area (Å²) in [6.45, 7) is 2.75. The lowest BCUT2D eigenvalue weighted by atomic mass is 10.3. The lowest BCUT2D eigenvalue weighted by Gasteiger charge is -2.23. The molecule has 1 amide bonds. The fourth-order valence-corrected chi connectivity index (χ4v) is 1.66. The minimum absolute atomic E-state index is 0.0563. The highest BCUT2D eigenvalue weighted by molar-refractivity contribution is 6.32. The molecule has 0 bridgehead atoms. The highest BCUT2D eigenvalue weighted by Gasteiger charge is 2.15. The second-order valence-electron chi connectivity index (χ2n) is 3.75. The summed E-state index contributed by atoms with van der Waals surface area (Å²) in [5, 5.41) is 0.353. The SMILES string of the molecule is CCCCN(CC(N)=O)c1nc(NN)ncc1Cl. The zero-order chi connectivity index (χ0) is 13.5. The summed E-state index contributed by atoms with van der Waals surface area (Å²) in [5.41, 5.74) is 7.55. The molecule has 1 aromatic heterocycles. The zero-order valence-electron chi connectivity index (χ0n) is 10.2. The fraction of sp³-hybridized carbons (Fsp3) is 0.500. The normalized spacial score (nSPS) is 10.2. The van der Waals surface area contributed by atoms with E-state index in [1.54, 1.807) is 4.90 Å². The van der Waals surface area contributed by atoms with Gasteiger partial charge in [-0.1, -0.05) is 24.9 Å². The number of hydrazine groups is 1. The van der Waals surface area contributed by atoms with E-state index in [1.807, 2.05) is 0 Å². The number of anilines is 2. The average molecular weight is 273 g/mol. The molecule has 0 aliphatic carbocycles. The summed E-state index contributed by atoms with van der Waals surface area (Å²) in [7, 11) is 0. The van der Waals surface area contributed by atoms with Crippen LogP contribution in [0.3, 0.4) is 0 Å². The number of hydrogen-bond donors (Lipinski definition) is 3. The van der Waals surface area contributed by atoms with E-state index in [9.17, 15) is 4.79 Å². The molecule has 1 rings (SSSR count). The highest BCUT2D eigenvalue weighted by atomic mass is 35.5. The summed E-state index contributed by atoms with van der Waals surface area (Å²) >= 11 is 6.02. The first-order chi connectivity index (χ1) is 8.58. The van der Waals surface area contributed by atoms with Crippen molar-refractivity contribution in [2.75, 3.05) is 23.4 Å². The number of amides is 1. The Hall–Kier alpha value is -1.60. The van der Waals surface area contributed by atoms with Gasteiger partial charge in [-0.3, -0.25) is 10.2 Å². The molecule has 0 radical (unpaired) electrons. The van der Waals surface area contributed by atoms with Gasteiger partial charge >= 0.3 is 0 Å². The van der Waals surface area contributed by atoms with Crippen molar-refractivity contribution in [2.24, 2.45) is 11.6 Å². The number of nitrogens with zero attached hydrogens (tertiary/aromatic N) is 3. The molecule has 5 N–H and O–H groups in total. The number of rotatable bonds is 7. The third-order valence-electron chi connectivity index (χ3n) is 2.28. The van der Waals surface area contributed by atoms with Crippen molar-refractivity contribution in [2.45, 2.75) is 19.8 Å². The number of aromatic nitrogens is 2. The zero-order valence-corrected chi connectivity index (χ0v) is 10.9. The number of unbranched alkanes of at least 4 members (excludes halogenated alkanes) is 1. The quantitative estimate of drug-likeness (QED) is 0.493. The third kappa shape index (κ3) is 4.01. The van der Waals surface area contributed by atoms with Gasteiger partial charge in [0.05, 0.1) is 12.7 Å². The van der Waals surface area contributed by atoms with Gasteiger partial charge < -0.3 is 10.6 Å². The minimum atomic E-state index is -0.442. The van der Waals surface area contributed by atoms with Crippen LogP contribution in [0, 0.1) is 0 Å². The molecule has 1 aromatic rings. The van der Waals surface area contributed by atoms with Gasteiger partial charge in [0.2, 0.25) is 11.9 Å². The number of primary amides is 1. The van der Waals surface area contributed by atoms with Crippen molar-refractivity contribution in [1.82, 2.24) is 9.97 Å². The van der Waals surface area contributed by atoms with Crippen LogP contribution >= 0.6 is 11.6 Å². The first-order valence-corrected chi connectivity index (χ1v) is 5.98. The van der Waals surface area contributed by atoms with Crippen LogP contribution in [0.2, 0.25) is 5.02 Å². The molecular weight excluding hydrogens is 256 g/mol. The minimum Gasteiger partial charge on any atom is -0.368 e. The van der Waals surface area contributed by atoms with Crippen molar-refractivity contribution in [1.29, 1.82) is 0 Å². The second kappa shape index (κ2) is 6.97. The molecule has 18 heavy (non-hydrogen) atoms. The molecule has 8 heteroatoms. The molecule has 0 saturated heterocycles. The van der Waals surface area contributed by atoms with Gasteiger partial charge in [0, 0.05) is 6.54 Å². The summed E-state index contributed by atoms with van der Waals surface area (Å²) in [6, 6.07) is 0. The van der Waals surface area contributed by atoms with Crippen LogP contribution in [0.1, 0.15) is 19.8 Å². The summed E-state index contributed by atoms with van der Waals surface area (Å²) < 4.78 is 0. The highest BCUT2D eigenvalue weighted by Crippen LogP contribution is 2.23. The van der Waals surface area contributed by atoms with E-state index in [0.717, 1.165) is 12.8 Å². The number of nitrogens with two attached hydrogens (primary N) is 2. The molecule has 0 aliphatic rings. The number of nitrogens with one attached hydrogen (secondary N) is 1. The Morgan fingerprint density at radius 2 is 2.33 bits per heavy atom. The molecule has 0 saturated carbocycles. The van der Waals surface area contributed by atoms with Crippen molar-refractivity contribution in [3.63, 3.8) is 0 Å². The predicted molar refractivity (Wildman–Crippen MR) is 71.2 cm³/mol.